The Morgan fingerprint density at radius 3 is 2.33 bits per heavy atom. The van der Waals surface area contributed by atoms with Crippen LogP contribution in [0.4, 0.5) is 0 Å². The van der Waals surface area contributed by atoms with Gasteiger partial charge in [0, 0.05) is 24.0 Å². The summed E-state index contributed by atoms with van der Waals surface area (Å²) in [6.45, 7) is 9.21. The van der Waals surface area contributed by atoms with Gasteiger partial charge in [0.2, 0.25) is 5.91 Å². The molecule has 0 unspecified atom stereocenters. The van der Waals surface area contributed by atoms with Crippen LogP contribution in [0, 0.1) is 0 Å². The van der Waals surface area contributed by atoms with Crippen LogP contribution in [0.15, 0.2) is 0 Å². The SMILES string of the molecule is CC(C)(C)NCCC(=O)NC1(C)CCC1. The predicted octanol–water partition coefficient (Wildman–Crippen LogP) is 1.82. The van der Waals surface area contributed by atoms with Gasteiger partial charge < -0.3 is 10.6 Å². The van der Waals surface area contributed by atoms with Crippen LogP contribution < -0.4 is 10.6 Å². The van der Waals surface area contributed by atoms with Crippen LogP contribution in [0.1, 0.15) is 53.4 Å². The van der Waals surface area contributed by atoms with E-state index in [1.807, 2.05) is 0 Å². The molecule has 2 N–H and O–H groups in total. The van der Waals surface area contributed by atoms with Crippen molar-refractivity contribution in [2.24, 2.45) is 0 Å². The highest BCUT2D eigenvalue weighted by Gasteiger charge is 2.32. The normalized spacial score (nSPS) is 19.5. The van der Waals surface area contributed by atoms with Crippen molar-refractivity contribution in [2.45, 2.75) is 64.5 Å². The van der Waals surface area contributed by atoms with E-state index in [0.717, 1.165) is 19.4 Å². The minimum Gasteiger partial charge on any atom is -0.351 e. The van der Waals surface area contributed by atoms with Gasteiger partial charge in [-0.2, -0.15) is 0 Å². The summed E-state index contributed by atoms with van der Waals surface area (Å²) in [5.74, 6) is 0.175. The molecule has 0 bridgehead atoms. The third kappa shape index (κ3) is 4.65. The van der Waals surface area contributed by atoms with Gasteiger partial charge in [0.25, 0.3) is 0 Å². The molecule has 0 radical (unpaired) electrons. The van der Waals surface area contributed by atoms with E-state index in [-0.39, 0.29) is 17.0 Å². The first-order valence-electron chi connectivity index (χ1n) is 5.87. The van der Waals surface area contributed by atoms with E-state index in [4.69, 9.17) is 0 Å². The molecule has 1 amide bonds. The molecule has 0 aromatic heterocycles. The first-order valence-corrected chi connectivity index (χ1v) is 5.87. The van der Waals surface area contributed by atoms with Gasteiger partial charge >= 0.3 is 0 Å². The molecule has 1 aliphatic carbocycles. The van der Waals surface area contributed by atoms with Crippen LogP contribution in [0.3, 0.4) is 0 Å². The first-order chi connectivity index (χ1) is 6.81. The number of rotatable bonds is 4. The van der Waals surface area contributed by atoms with Crippen molar-refractivity contribution in [1.29, 1.82) is 0 Å². The predicted molar refractivity (Wildman–Crippen MR) is 62.8 cm³/mol. The molecule has 0 heterocycles. The van der Waals surface area contributed by atoms with Gasteiger partial charge in [-0.25, -0.2) is 0 Å². The Morgan fingerprint density at radius 1 is 1.33 bits per heavy atom. The van der Waals surface area contributed by atoms with Gasteiger partial charge in [-0.1, -0.05) is 0 Å². The molecular formula is C12H24N2O. The van der Waals surface area contributed by atoms with E-state index in [1.54, 1.807) is 0 Å². The number of carbonyl (C=O) groups excluding carboxylic acids is 1. The smallest absolute Gasteiger partial charge is 0.221 e. The van der Waals surface area contributed by atoms with E-state index >= 15 is 0 Å². The second-order valence-corrected chi connectivity index (χ2v) is 5.89. The van der Waals surface area contributed by atoms with Crippen molar-refractivity contribution in [3.8, 4) is 0 Å². The van der Waals surface area contributed by atoms with Gasteiger partial charge in [-0.3, -0.25) is 4.79 Å². The number of hydrogen-bond donors (Lipinski definition) is 2. The summed E-state index contributed by atoms with van der Waals surface area (Å²) in [4.78, 5) is 11.6. The fraction of sp³-hybridized carbons (Fsp3) is 0.917. The van der Waals surface area contributed by atoms with Crippen molar-refractivity contribution >= 4 is 5.91 Å². The number of carbonyl (C=O) groups is 1. The Morgan fingerprint density at radius 2 is 1.93 bits per heavy atom. The van der Waals surface area contributed by atoms with E-state index in [1.165, 1.54) is 6.42 Å². The molecule has 88 valence electrons. The van der Waals surface area contributed by atoms with E-state index < -0.39 is 0 Å². The fourth-order valence-corrected chi connectivity index (χ4v) is 1.78. The standard InChI is InChI=1S/C12H24N2O/c1-11(2,3)13-9-6-10(15)14-12(4)7-5-8-12/h13H,5-9H2,1-4H3,(H,14,15). The Hall–Kier alpha value is -0.570. The van der Waals surface area contributed by atoms with Crippen molar-refractivity contribution in [1.82, 2.24) is 10.6 Å². The first kappa shape index (κ1) is 12.5. The molecule has 3 nitrogen and oxygen atoms in total. The van der Waals surface area contributed by atoms with Gasteiger partial charge in [0.15, 0.2) is 0 Å². The van der Waals surface area contributed by atoms with Crippen molar-refractivity contribution in [2.75, 3.05) is 6.54 Å². The fourth-order valence-electron chi connectivity index (χ4n) is 1.78. The van der Waals surface area contributed by atoms with Gasteiger partial charge in [0.05, 0.1) is 0 Å². The molecule has 1 saturated carbocycles. The van der Waals surface area contributed by atoms with Gasteiger partial charge in [0.1, 0.15) is 0 Å². The maximum atomic E-state index is 11.6. The summed E-state index contributed by atoms with van der Waals surface area (Å²) in [5, 5.41) is 6.41. The lowest BCUT2D eigenvalue weighted by atomic mass is 9.78. The zero-order valence-corrected chi connectivity index (χ0v) is 10.4. The molecule has 15 heavy (non-hydrogen) atoms. The van der Waals surface area contributed by atoms with Crippen LogP contribution in [0.5, 0.6) is 0 Å². The molecule has 3 heteroatoms. The summed E-state index contributed by atoms with van der Waals surface area (Å²) in [6, 6.07) is 0. The minimum absolute atomic E-state index is 0.0960. The Bertz CT molecular complexity index is 226. The molecule has 0 aromatic rings. The van der Waals surface area contributed by atoms with Crippen molar-refractivity contribution < 1.29 is 4.79 Å². The number of nitrogens with one attached hydrogen (secondary N) is 2. The summed E-state index contributed by atoms with van der Waals surface area (Å²) < 4.78 is 0. The van der Waals surface area contributed by atoms with Crippen LogP contribution >= 0.6 is 0 Å². The highest BCUT2D eigenvalue weighted by Crippen LogP contribution is 2.30. The Kier molecular flexibility index (Phi) is 3.77. The van der Waals surface area contributed by atoms with Crippen LogP contribution in [-0.4, -0.2) is 23.5 Å². The van der Waals surface area contributed by atoms with Gasteiger partial charge in [-0.15, -0.1) is 0 Å². The summed E-state index contributed by atoms with van der Waals surface area (Å²) >= 11 is 0. The second-order valence-electron chi connectivity index (χ2n) is 5.89. The third-order valence-electron chi connectivity index (χ3n) is 2.91. The molecule has 0 aliphatic heterocycles. The van der Waals surface area contributed by atoms with Crippen molar-refractivity contribution in [3.05, 3.63) is 0 Å². The summed E-state index contributed by atoms with van der Waals surface area (Å²) in [5.41, 5.74) is 0.194. The van der Waals surface area contributed by atoms with E-state index in [0.29, 0.717) is 6.42 Å². The van der Waals surface area contributed by atoms with Crippen molar-refractivity contribution in [3.63, 3.8) is 0 Å². The van der Waals surface area contributed by atoms with Crippen LogP contribution in [-0.2, 0) is 4.79 Å². The minimum atomic E-state index is 0.0960. The maximum Gasteiger partial charge on any atom is 0.221 e. The molecule has 0 spiro atoms. The quantitative estimate of drug-likeness (QED) is 0.746. The maximum absolute atomic E-state index is 11.6. The highest BCUT2D eigenvalue weighted by molar-refractivity contribution is 5.77. The second kappa shape index (κ2) is 4.52. The number of amides is 1. The Balaban J connectivity index is 2.14. The Labute approximate surface area is 93.0 Å². The average molecular weight is 212 g/mol. The zero-order valence-electron chi connectivity index (χ0n) is 10.4. The molecular weight excluding hydrogens is 188 g/mol. The lowest BCUT2D eigenvalue weighted by Gasteiger charge is -2.39. The zero-order chi connectivity index (χ0) is 11.5. The molecule has 0 aromatic carbocycles. The molecule has 1 fully saturated rings. The molecule has 0 saturated heterocycles. The average Bonchev–Trinajstić information content (AvgIpc) is 1.98. The van der Waals surface area contributed by atoms with Crippen LogP contribution in [0.25, 0.3) is 0 Å². The molecule has 1 aliphatic rings. The lowest BCUT2D eigenvalue weighted by molar-refractivity contribution is -0.123. The highest BCUT2D eigenvalue weighted by atomic mass is 16.1. The van der Waals surface area contributed by atoms with Gasteiger partial charge in [-0.05, 0) is 47.0 Å². The van der Waals surface area contributed by atoms with E-state index in [9.17, 15) is 4.79 Å². The monoisotopic (exact) mass is 212 g/mol. The summed E-state index contributed by atoms with van der Waals surface area (Å²) in [7, 11) is 0. The molecule has 1 rings (SSSR count). The third-order valence-corrected chi connectivity index (χ3v) is 2.91. The lowest BCUT2D eigenvalue weighted by Crippen LogP contribution is -2.51. The number of hydrogen-bond acceptors (Lipinski definition) is 2. The largest absolute Gasteiger partial charge is 0.351 e. The van der Waals surface area contributed by atoms with E-state index in [2.05, 4.69) is 38.3 Å². The van der Waals surface area contributed by atoms with Crippen LogP contribution in [0.2, 0.25) is 0 Å². The summed E-state index contributed by atoms with van der Waals surface area (Å²) in [6.07, 6.45) is 4.08. The topological polar surface area (TPSA) is 41.1 Å². The molecule has 0 atom stereocenters.